The lowest BCUT2D eigenvalue weighted by molar-refractivity contribution is -0.301. The van der Waals surface area contributed by atoms with Crippen molar-refractivity contribution in [2.24, 2.45) is 0 Å². The average molecular weight is 791 g/mol. The molecule has 316 valence electrons. The Morgan fingerprint density at radius 2 is 1.26 bits per heavy atom. The predicted octanol–water partition coefficient (Wildman–Crippen LogP) is 7.85. The van der Waals surface area contributed by atoms with Crippen LogP contribution in [0.4, 0.5) is 0 Å². The molecule has 0 aromatic rings. The molecule has 0 saturated carbocycles. The molecule has 1 aliphatic rings. The van der Waals surface area contributed by atoms with Gasteiger partial charge in [-0.05, 0) is 64.2 Å². The molecule has 6 atom stereocenters. The Balaban J connectivity index is 2.49. The lowest BCUT2D eigenvalue weighted by Gasteiger charge is -2.41. The molecule has 1 saturated heterocycles. The van der Waals surface area contributed by atoms with Gasteiger partial charge in [0.2, 0.25) is 0 Å². The Morgan fingerprint density at radius 1 is 0.704 bits per heavy atom. The molecule has 0 amide bonds. The van der Waals surface area contributed by atoms with E-state index in [2.05, 4.69) is 54.5 Å². The van der Waals surface area contributed by atoms with E-state index in [-0.39, 0.29) is 19.6 Å². The van der Waals surface area contributed by atoms with Crippen LogP contribution in [0.1, 0.15) is 155 Å². The Kier molecular flexibility index (Phi) is 31.2. The number of carbonyl (C=O) groups is 1. The highest BCUT2D eigenvalue weighted by atomic mass is 32.3. The van der Waals surface area contributed by atoms with Crippen LogP contribution in [0.3, 0.4) is 0 Å². The molecule has 0 bridgehead atoms. The van der Waals surface area contributed by atoms with Crippen LogP contribution in [0.25, 0.3) is 0 Å². The summed E-state index contributed by atoms with van der Waals surface area (Å²) in [7, 11) is -5.06. The third kappa shape index (κ3) is 27.0. The SMILES string of the molecule is CCC/C=C\C/C=C\CCCCCCCCOCC(COC1OC(CO)C(O)C(OS(=O)(=O)O)C1O)OC(=O)CCCCCCC/C=C\CCCCCC. The van der Waals surface area contributed by atoms with Gasteiger partial charge in [-0.15, -0.1) is 0 Å². The van der Waals surface area contributed by atoms with Gasteiger partial charge in [-0.2, -0.15) is 8.42 Å². The van der Waals surface area contributed by atoms with Crippen molar-refractivity contribution in [2.45, 2.75) is 192 Å². The van der Waals surface area contributed by atoms with E-state index < -0.39 is 59.8 Å². The van der Waals surface area contributed by atoms with Gasteiger partial charge in [0.25, 0.3) is 0 Å². The molecule has 12 nitrogen and oxygen atoms in total. The fourth-order valence-corrected chi connectivity index (χ4v) is 6.56. The van der Waals surface area contributed by atoms with Gasteiger partial charge in [0.15, 0.2) is 6.29 Å². The van der Waals surface area contributed by atoms with Gasteiger partial charge in [0, 0.05) is 13.0 Å². The highest BCUT2D eigenvalue weighted by Crippen LogP contribution is 2.26. The monoisotopic (exact) mass is 790 g/mol. The quantitative estimate of drug-likeness (QED) is 0.0212. The molecule has 1 fully saturated rings. The summed E-state index contributed by atoms with van der Waals surface area (Å²) in [5, 5.41) is 30.6. The first-order chi connectivity index (χ1) is 26.1. The van der Waals surface area contributed by atoms with Crippen LogP contribution in [-0.4, -0.2) is 97.5 Å². The summed E-state index contributed by atoms with van der Waals surface area (Å²) < 4.78 is 58.9. The first-order valence-electron chi connectivity index (χ1n) is 20.7. The fraction of sp³-hybridized carbons (Fsp3) is 0.829. The molecule has 6 unspecified atom stereocenters. The predicted molar refractivity (Wildman–Crippen MR) is 211 cm³/mol. The van der Waals surface area contributed by atoms with Crippen molar-refractivity contribution in [3.05, 3.63) is 36.5 Å². The van der Waals surface area contributed by atoms with Crippen LogP contribution >= 0.6 is 0 Å². The maximum atomic E-state index is 12.8. The number of allylic oxidation sites excluding steroid dienone is 6. The van der Waals surface area contributed by atoms with Gasteiger partial charge >= 0.3 is 16.4 Å². The third-order valence-corrected chi connectivity index (χ3v) is 9.68. The summed E-state index contributed by atoms with van der Waals surface area (Å²) in [4.78, 5) is 12.8. The Labute approximate surface area is 326 Å². The van der Waals surface area contributed by atoms with Crippen molar-refractivity contribution in [3.63, 3.8) is 0 Å². The second-order valence-corrected chi connectivity index (χ2v) is 15.3. The lowest BCUT2D eigenvalue weighted by atomic mass is 9.99. The van der Waals surface area contributed by atoms with Crippen LogP contribution < -0.4 is 0 Å². The summed E-state index contributed by atoms with van der Waals surface area (Å²) in [5.74, 6) is -0.414. The van der Waals surface area contributed by atoms with E-state index in [1.807, 2.05) is 0 Å². The van der Waals surface area contributed by atoms with Crippen molar-refractivity contribution in [1.82, 2.24) is 0 Å². The topological polar surface area (TPSA) is 178 Å². The van der Waals surface area contributed by atoms with Crippen LogP contribution in [0.5, 0.6) is 0 Å². The van der Waals surface area contributed by atoms with Gasteiger partial charge in [-0.25, -0.2) is 4.18 Å². The molecule has 4 N–H and O–H groups in total. The molecule has 0 aromatic heterocycles. The lowest BCUT2D eigenvalue weighted by Crippen LogP contribution is -2.60. The summed E-state index contributed by atoms with van der Waals surface area (Å²) >= 11 is 0. The minimum atomic E-state index is -5.06. The molecule has 1 rings (SSSR count). The summed E-state index contributed by atoms with van der Waals surface area (Å²) in [6.45, 7) is 3.86. The van der Waals surface area contributed by atoms with Crippen molar-refractivity contribution in [2.75, 3.05) is 26.4 Å². The number of carbonyl (C=O) groups excluding carboxylic acids is 1. The molecule has 1 heterocycles. The van der Waals surface area contributed by atoms with Crippen LogP contribution in [0.15, 0.2) is 36.5 Å². The zero-order chi connectivity index (χ0) is 39.7. The van der Waals surface area contributed by atoms with E-state index in [1.165, 1.54) is 44.9 Å². The molecular weight excluding hydrogens is 717 g/mol. The zero-order valence-electron chi connectivity index (χ0n) is 33.3. The van der Waals surface area contributed by atoms with E-state index in [9.17, 15) is 28.5 Å². The summed E-state index contributed by atoms with van der Waals surface area (Å²) in [5.41, 5.74) is 0. The number of unbranched alkanes of at least 4 members (excludes halogenated alkanes) is 16. The third-order valence-electron chi connectivity index (χ3n) is 9.22. The Bertz CT molecular complexity index is 1100. The average Bonchev–Trinajstić information content (AvgIpc) is 3.14. The number of aliphatic hydroxyl groups excluding tert-OH is 3. The second-order valence-electron chi connectivity index (χ2n) is 14.2. The highest BCUT2D eigenvalue weighted by molar-refractivity contribution is 7.80. The number of rotatable bonds is 35. The molecule has 0 aromatic carbocycles. The van der Waals surface area contributed by atoms with E-state index in [0.717, 1.165) is 83.5 Å². The van der Waals surface area contributed by atoms with Gasteiger partial charge in [0.05, 0.1) is 19.8 Å². The van der Waals surface area contributed by atoms with E-state index in [4.69, 9.17) is 23.5 Å². The molecule has 0 radical (unpaired) electrons. The second kappa shape index (κ2) is 33.5. The van der Waals surface area contributed by atoms with Gasteiger partial charge in [-0.1, -0.05) is 121 Å². The molecular formula is C41H74O12S. The van der Waals surface area contributed by atoms with Crippen molar-refractivity contribution >= 4 is 16.4 Å². The van der Waals surface area contributed by atoms with Crippen molar-refractivity contribution in [1.29, 1.82) is 0 Å². The maximum Gasteiger partial charge on any atom is 0.397 e. The fourth-order valence-electron chi connectivity index (χ4n) is 6.06. The number of hydrogen-bond acceptors (Lipinski definition) is 11. The van der Waals surface area contributed by atoms with E-state index in [1.54, 1.807) is 0 Å². The Morgan fingerprint density at radius 3 is 1.85 bits per heavy atom. The number of ether oxygens (including phenoxy) is 4. The van der Waals surface area contributed by atoms with Crippen LogP contribution in [-0.2, 0) is 38.3 Å². The maximum absolute atomic E-state index is 12.8. The minimum absolute atomic E-state index is 0.0254. The summed E-state index contributed by atoms with van der Waals surface area (Å²) in [6, 6.07) is 0. The summed E-state index contributed by atoms with van der Waals surface area (Å²) in [6.07, 6.45) is 27.5. The smallest absolute Gasteiger partial charge is 0.397 e. The molecule has 0 spiro atoms. The number of aliphatic hydroxyl groups is 3. The van der Waals surface area contributed by atoms with Crippen LogP contribution in [0.2, 0.25) is 0 Å². The molecule has 0 aliphatic carbocycles. The number of hydrogen-bond donors (Lipinski definition) is 4. The largest absolute Gasteiger partial charge is 0.457 e. The van der Waals surface area contributed by atoms with Gasteiger partial charge in [-0.3, -0.25) is 9.35 Å². The Hall–Kier alpha value is -1.68. The molecule has 13 heteroatoms. The molecule has 54 heavy (non-hydrogen) atoms. The van der Waals surface area contributed by atoms with Gasteiger partial charge in [0.1, 0.15) is 30.5 Å². The zero-order valence-corrected chi connectivity index (χ0v) is 34.1. The van der Waals surface area contributed by atoms with E-state index in [0.29, 0.717) is 13.0 Å². The van der Waals surface area contributed by atoms with Gasteiger partial charge < -0.3 is 34.3 Å². The first-order valence-corrected chi connectivity index (χ1v) is 22.1. The minimum Gasteiger partial charge on any atom is -0.457 e. The number of esters is 1. The standard InChI is InChI=1S/C41H74O12S/c1-3-5-7-9-11-13-15-17-19-21-23-25-27-29-31-49-33-35(34-50-41-39(45)40(53-54(46,47)48)38(44)36(32-42)52-41)51-37(43)30-28-26-24-22-20-18-16-14-12-10-8-6-4-2/h7,9,13-16,35-36,38-42,44-45H,3-6,8,10-12,17-34H2,1-2H3,(H,46,47,48)/b9-7-,15-13-,16-14-. The highest BCUT2D eigenvalue weighted by Gasteiger charge is 2.48. The van der Waals surface area contributed by atoms with E-state index >= 15 is 0 Å². The first kappa shape index (κ1) is 50.3. The molecule has 1 aliphatic heterocycles. The van der Waals surface area contributed by atoms with Crippen molar-refractivity contribution in [3.8, 4) is 0 Å². The van der Waals surface area contributed by atoms with Crippen molar-refractivity contribution < 1.29 is 56.2 Å². The normalized spacial score (nSPS) is 21.5. The van der Waals surface area contributed by atoms with Crippen LogP contribution in [0, 0.1) is 0 Å².